The topological polar surface area (TPSA) is 36.4 Å². The summed E-state index contributed by atoms with van der Waals surface area (Å²) in [5, 5.41) is 10.7. The molecule has 0 aromatic carbocycles. The van der Waals surface area contributed by atoms with Gasteiger partial charge < -0.3 is 10.0 Å². The van der Waals surface area contributed by atoms with Crippen molar-refractivity contribution in [3.63, 3.8) is 0 Å². The first-order valence-electron chi connectivity index (χ1n) is 6.65. The van der Waals surface area contributed by atoms with Gasteiger partial charge in [-0.2, -0.15) is 0 Å². The lowest BCUT2D eigenvalue weighted by molar-refractivity contribution is 0.0257. The Bertz CT molecular complexity index is 399. The van der Waals surface area contributed by atoms with Crippen LogP contribution in [0.1, 0.15) is 31.7 Å². The quantitative estimate of drug-likeness (QED) is 0.932. The van der Waals surface area contributed by atoms with E-state index in [2.05, 4.69) is 32.7 Å². The van der Waals surface area contributed by atoms with E-state index in [1.165, 1.54) is 0 Å². The summed E-state index contributed by atoms with van der Waals surface area (Å²) in [5.41, 5.74) is 0.545. The van der Waals surface area contributed by atoms with Crippen molar-refractivity contribution >= 4 is 15.9 Å². The lowest BCUT2D eigenvalue weighted by Crippen LogP contribution is -2.33. The van der Waals surface area contributed by atoms with Crippen LogP contribution in [-0.4, -0.2) is 40.2 Å². The Labute approximate surface area is 117 Å². The van der Waals surface area contributed by atoms with Crippen LogP contribution in [0, 0.1) is 0 Å². The van der Waals surface area contributed by atoms with Crippen LogP contribution in [0.3, 0.4) is 0 Å². The number of rotatable bonds is 3. The molecule has 1 fully saturated rings. The molecule has 1 N–H and O–H groups in total. The van der Waals surface area contributed by atoms with Gasteiger partial charge in [-0.25, -0.2) is 0 Å². The maximum Gasteiger partial charge on any atom is 0.0701 e. The predicted molar refractivity (Wildman–Crippen MR) is 76.6 cm³/mol. The number of halogens is 1. The van der Waals surface area contributed by atoms with Gasteiger partial charge in [0.05, 0.1) is 5.60 Å². The highest BCUT2D eigenvalue weighted by atomic mass is 79.9. The third-order valence-electron chi connectivity index (χ3n) is 3.75. The van der Waals surface area contributed by atoms with E-state index in [4.69, 9.17) is 0 Å². The molecule has 0 bridgehead atoms. The Hall–Kier alpha value is -0.450. The SMILES string of the molecule is CCN1CCCC(O)(Cc2cncc(Br)c2)CC1. The summed E-state index contributed by atoms with van der Waals surface area (Å²) in [4.78, 5) is 6.58. The maximum atomic E-state index is 10.7. The fourth-order valence-electron chi connectivity index (χ4n) is 2.66. The van der Waals surface area contributed by atoms with Crippen molar-refractivity contribution < 1.29 is 5.11 Å². The van der Waals surface area contributed by atoms with Gasteiger partial charge >= 0.3 is 0 Å². The lowest BCUT2D eigenvalue weighted by Gasteiger charge is -2.27. The molecule has 1 saturated heterocycles. The average molecular weight is 313 g/mol. The van der Waals surface area contributed by atoms with Crippen molar-refractivity contribution in [2.24, 2.45) is 0 Å². The van der Waals surface area contributed by atoms with Crippen LogP contribution >= 0.6 is 15.9 Å². The number of pyridine rings is 1. The van der Waals surface area contributed by atoms with Crippen LogP contribution in [0.2, 0.25) is 0 Å². The smallest absolute Gasteiger partial charge is 0.0701 e. The molecule has 1 aliphatic heterocycles. The summed E-state index contributed by atoms with van der Waals surface area (Å²) < 4.78 is 0.979. The van der Waals surface area contributed by atoms with E-state index in [-0.39, 0.29) is 0 Å². The van der Waals surface area contributed by atoms with Gasteiger partial charge in [0, 0.05) is 29.8 Å². The number of likely N-dealkylation sites (tertiary alicyclic amines) is 1. The van der Waals surface area contributed by atoms with E-state index < -0.39 is 5.60 Å². The van der Waals surface area contributed by atoms with Gasteiger partial charge in [0.2, 0.25) is 0 Å². The van der Waals surface area contributed by atoms with E-state index in [1.54, 1.807) is 6.20 Å². The number of aliphatic hydroxyl groups is 1. The maximum absolute atomic E-state index is 10.7. The van der Waals surface area contributed by atoms with Gasteiger partial charge in [-0.15, -0.1) is 0 Å². The van der Waals surface area contributed by atoms with Crippen molar-refractivity contribution in [3.8, 4) is 0 Å². The van der Waals surface area contributed by atoms with Gasteiger partial charge in [0.1, 0.15) is 0 Å². The molecule has 1 aromatic heterocycles. The van der Waals surface area contributed by atoms with Gasteiger partial charge in [0.15, 0.2) is 0 Å². The van der Waals surface area contributed by atoms with E-state index in [9.17, 15) is 5.11 Å². The lowest BCUT2D eigenvalue weighted by atomic mass is 9.88. The highest BCUT2D eigenvalue weighted by Gasteiger charge is 2.30. The predicted octanol–water partition coefficient (Wildman–Crippen LogP) is 2.62. The zero-order chi connectivity index (χ0) is 13.0. The fraction of sp³-hybridized carbons (Fsp3) is 0.643. The molecule has 1 atom stereocenters. The Morgan fingerprint density at radius 3 is 2.94 bits per heavy atom. The molecule has 1 aromatic rings. The molecule has 0 aliphatic carbocycles. The second-order valence-corrected chi connectivity index (χ2v) is 6.12. The molecule has 1 unspecified atom stereocenters. The Morgan fingerprint density at radius 1 is 1.39 bits per heavy atom. The Morgan fingerprint density at radius 2 is 2.22 bits per heavy atom. The molecule has 0 spiro atoms. The molecular formula is C14H21BrN2O. The molecular weight excluding hydrogens is 292 g/mol. The van der Waals surface area contributed by atoms with E-state index in [0.29, 0.717) is 6.42 Å². The molecule has 4 heteroatoms. The third-order valence-corrected chi connectivity index (χ3v) is 4.19. The summed E-state index contributed by atoms with van der Waals surface area (Å²) in [6.45, 7) is 5.36. The minimum Gasteiger partial charge on any atom is -0.389 e. The first kappa shape index (κ1) is 14.0. The first-order chi connectivity index (χ1) is 8.61. The number of hydrogen-bond acceptors (Lipinski definition) is 3. The van der Waals surface area contributed by atoms with E-state index in [0.717, 1.165) is 48.9 Å². The largest absolute Gasteiger partial charge is 0.389 e. The molecule has 0 radical (unpaired) electrons. The van der Waals surface area contributed by atoms with Crippen LogP contribution < -0.4 is 0 Å². The van der Waals surface area contributed by atoms with Crippen LogP contribution in [0.4, 0.5) is 0 Å². The summed E-state index contributed by atoms with van der Waals surface area (Å²) >= 11 is 3.43. The molecule has 0 amide bonds. The van der Waals surface area contributed by atoms with Gasteiger partial charge in [-0.3, -0.25) is 4.98 Å². The first-order valence-corrected chi connectivity index (χ1v) is 7.45. The highest BCUT2D eigenvalue weighted by molar-refractivity contribution is 9.10. The van der Waals surface area contributed by atoms with E-state index in [1.807, 2.05) is 12.3 Å². The standard InChI is InChI=1S/C14H21BrN2O/c1-2-17-6-3-4-14(18,5-7-17)9-12-8-13(15)11-16-10-12/h8,10-11,18H,2-7,9H2,1H3. The monoisotopic (exact) mass is 312 g/mol. The minimum absolute atomic E-state index is 0.563. The zero-order valence-electron chi connectivity index (χ0n) is 10.9. The molecule has 18 heavy (non-hydrogen) atoms. The van der Waals surface area contributed by atoms with Gasteiger partial charge in [-0.1, -0.05) is 6.92 Å². The average Bonchev–Trinajstić information content (AvgIpc) is 2.51. The molecule has 100 valence electrons. The van der Waals surface area contributed by atoms with Crippen LogP contribution in [-0.2, 0) is 6.42 Å². The Balaban J connectivity index is 2.02. The number of hydrogen-bond donors (Lipinski definition) is 1. The van der Waals surface area contributed by atoms with Crippen molar-refractivity contribution in [2.45, 2.75) is 38.2 Å². The van der Waals surface area contributed by atoms with Crippen molar-refractivity contribution in [1.29, 1.82) is 0 Å². The summed E-state index contributed by atoms with van der Waals surface area (Å²) in [5.74, 6) is 0. The zero-order valence-corrected chi connectivity index (χ0v) is 12.5. The summed E-state index contributed by atoms with van der Waals surface area (Å²) in [7, 11) is 0. The molecule has 2 heterocycles. The van der Waals surface area contributed by atoms with Crippen molar-refractivity contribution in [1.82, 2.24) is 9.88 Å². The second kappa shape index (κ2) is 6.13. The number of nitrogens with zero attached hydrogens (tertiary/aromatic N) is 2. The van der Waals surface area contributed by atoms with Crippen molar-refractivity contribution in [3.05, 3.63) is 28.5 Å². The summed E-state index contributed by atoms with van der Waals surface area (Å²) in [6, 6.07) is 2.05. The van der Waals surface area contributed by atoms with Crippen LogP contribution in [0.5, 0.6) is 0 Å². The van der Waals surface area contributed by atoms with Gasteiger partial charge in [-0.05, 0) is 59.9 Å². The summed E-state index contributed by atoms with van der Waals surface area (Å²) in [6.07, 6.45) is 7.15. The third kappa shape index (κ3) is 3.77. The Kier molecular flexibility index (Phi) is 4.76. The fourth-order valence-corrected chi connectivity index (χ4v) is 3.07. The van der Waals surface area contributed by atoms with Crippen molar-refractivity contribution in [2.75, 3.05) is 19.6 Å². The molecule has 0 saturated carbocycles. The van der Waals surface area contributed by atoms with Crippen LogP contribution in [0.15, 0.2) is 22.9 Å². The molecule has 3 nitrogen and oxygen atoms in total. The highest BCUT2D eigenvalue weighted by Crippen LogP contribution is 2.27. The molecule has 1 aliphatic rings. The molecule has 2 rings (SSSR count). The normalized spacial score (nSPS) is 25.9. The second-order valence-electron chi connectivity index (χ2n) is 5.20. The van der Waals surface area contributed by atoms with Crippen LogP contribution in [0.25, 0.3) is 0 Å². The van der Waals surface area contributed by atoms with Gasteiger partial charge in [0.25, 0.3) is 0 Å². The number of aromatic nitrogens is 1. The minimum atomic E-state index is -0.563. The van der Waals surface area contributed by atoms with E-state index >= 15 is 0 Å².